The van der Waals surface area contributed by atoms with Crippen LogP contribution in [-0.4, -0.2) is 33.9 Å². The van der Waals surface area contributed by atoms with Gasteiger partial charge in [0.2, 0.25) is 0 Å². The Morgan fingerprint density at radius 3 is 2.41 bits per heavy atom. The summed E-state index contributed by atoms with van der Waals surface area (Å²) in [4.78, 5) is 9.39. The molecule has 0 fully saturated rings. The predicted octanol–water partition coefficient (Wildman–Crippen LogP) is 4.17. The third-order valence-electron chi connectivity index (χ3n) is 5.57. The molecule has 7 nitrogen and oxygen atoms in total. The van der Waals surface area contributed by atoms with Crippen molar-refractivity contribution in [3.05, 3.63) is 60.4 Å². The van der Waals surface area contributed by atoms with Crippen LogP contribution in [-0.2, 0) is 21.9 Å². The molecule has 0 saturated heterocycles. The molecule has 0 amide bonds. The largest absolute Gasteiger partial charge is 0.322 e. The highest BCUT2D eigenvalue weighted by atomic mass is 32.2. The van der Waals surface area contributed by atoms with Crippen LogP contribution in [0.3, 0.4) is 0 Å². The lowest BCUT2D eigenvalue weighted by Gasteiger charge is -2.19. The molecule has 1 aromatic carbocycles. The third-order valence-corrected chi connectivity index (χ3v) is 7.30. The zero-order valence-electron chi connectivity index (χ0n) is 18.7. The van der Waals surface area contributed by atoms with E-state index in [0.717, 1.165) is 27.7 Å². The van der Waals surface area contributed by atoms with Crippen molar-refractivity contribution in [3.63, 3.8) is 0 Å². The summed E-state index contributed by atoms with van der Waals surface area (Å²) in [5.41, 5.74) is 10.6. The Morgan fingerprint density at radius 2 is 1.78 bits per heavy atom. The molecule has 3 aromatic heterocycles. The molecule has 3 heterocycles. The van der Waals surface area contributed by atoms with Crippen LogP contribution in [0.15, 0.2) is 59.8 Å². The summed E-state index contributed by atoms with van der Waals surface area (Å²) in [6.45, 7) is 8.22. The van der Waals surface area contributed by atoms with Gasteiger partial charge in [-0.2, -0.15) is 5.10 Å². The van der Waals surface area contributed by atoms with E-state index in [0.29, 0.717) is 22.8 Å². The van der Waals surface area contributed by atoms with Gasteiger partial charge in [0.1, 0.15) is 5.69 Å². The van der Waals surface area contributed by atoms with Gasteiger partial charge in [-0.25, -0.2) is 8.42 Å². The van der Waals surface area contributed by atoms with Crippen molar-refractivity contribution in [3.8, 4) is 22.6 Å². The van der Waals surface area contributed by atoms with E-state index >= 15 is 0 Å². The van der Waals surface area contributed by atoms with E-state index in [1.165, 1.54) is 0 Å². The van der Waals surface area contributed by atoms with E-state index < -0.39 is 15.4 Å². The van der Waals surface area contributed by atoms with E-state index in [2.05, 4.69) is 9.97 Å². The van der Waals surface area contributed by atoms with Crippen LogP contribution in [0, 0.1) is 0 Å². The summed E-state index contributed by atoms with van der Waals surface area (Å²) in [5, 5.41) is 5.47. The summed E-state index contributed by atoms with van der Waals surface area (Å²) in [7, 11) is -3.32. The summed E-state index contributed by atoms with van der Waals surface area (Å²) < 4.78 is 26.7. The zero-order chi connectivity index (χ0) is 23.1. The molecular weight excluding hydrogens is 422 g/mol. The summed E-state index contributed by atoms with van der Waals surface area (Å²) in [5.74, 6) is 0.0500. The van der Waals surface area contributed by atoms with Crippen LogP contribution in [0.5, 0.6) is 0 Å². The topological polar surface area (TPSA) is 104 Å². The van der Waals surface area contributed by atoms with Crippen molar-refractivity contribution in [2.75, 3.05) is 5.75 Å². The van der Waals surface area contributed by atoms with Crippen molar-refractivity contribution in [1.29, 1.82) is 0 Å². The Balaban J connectivity index is 1.79. The van der Waals surface area contributed by atoms with E-state index in [4.69, 9.17) is 10.8 Å². The smallest absolute Gasteiger partial charge is 0.178 e. The number of nitrogens with zero attached hydrogens (tertiary/aromatic N) is 4. The molecule has 32 heavy (non-hydrogen) atoms. The number of hydrogen-bond acceptors (Lipinski definition) is 6. The first-order valence-corrected chi connectivity index (χ1v) is 12.2. The quantitative estimate of drug-likeness (QED) is 0.474. The van der Waals surface area contributed by atoms with Crippen LogP contribution in [0.25, 0.3) is 33.5 Å². The number of benzene rings is 1. The first-order chi connectivity index (χ1) is 15.1. The SMILES string of the molecule is CCn1nc(-c2ccc(-c3cc(C(C)(C)N)ccn3)cn2)c2cc(S(=O)(=O)CC)ccc21. The van der Waals surface area contributed by atoms with Crippen molar-refractivity contribution in [2.24, 2.45) is 5.73 Å². The Hall–Kier alpha value is -3.10. The number of sulfone groups is 1. The van der Waals surface area contributed by atoms with E-state index in [9.17, 15) is 8.42 Å². The van der Waals surface area contributed by atoms with Crippen LogP contribution >= 0.6 is 0 Å². The number of aryl methyl sites for hydroxylation is 1. The first-order valence-electron chi connectivity index (χ1n) is 10.6. The van der Waals surface area contributed by atoms with E-state index in [-0.39, 0.29) is 5.75 Å². The molecule has 0 atom stereocenters. The molecule has 0 aliphatic heterocycles. The highest BCUT2D eigenvalue weighted by Gasteiger charge is 2.19. The van der Waals surface area contributed by atoms with Crippen LogP contribution in [0.4, 0.5) is 0 Å². The van der Waals surface area contributed by atoms with Crippen LogP contribution in [0.2, 0.25) is 0 Å². The highest BCUT2D eigenvalue weighted by Crippen LogP contribution is 2.30. The van der Waals surface area contributed by atoms with Gasteiger partial charge in [-0.3, -0.25) is 14.6 Å². The number of hydrogen-bond donors (Lipinski definition) is 1. The normalized spacial score (nSPS) is 12.4. The second kappa shape index (κ2) is 8.11. The number of nitrogens with two attached hydrogens (primary N) is 1. The fourth-order valence-electron chi connectivity index (χ4n) is 3.62. The summed E-state index contributed by atoms with van der Waals surface area (Å²) >= 11 is 0. The molecule has 0 aliphatic rings. The van der Waals surface area contributed by atoms with Gasteiger partial charge in [0, 0.05) is 35.4 Å². The lowest BCUT2D eigenvalue weighted by atomic mass is 9.95. The fraction of sp³-hybridized carbons (Fsp3) is 0.292. The monoisotopic (exact) mass is 449 g/mol. The van der Waals surface area contributed by atoms with E-state index in [1.807, 2.05) is 55.8 Å². The van der Waals surface area contributed by atoms with Crippen molar-refractivity contribution in [1.82, 2.24) is 19.7 Å². The molecule has 166 valence electrons. The maximum Gasteiger partial charge on any atom is 0.178 e. The minimum Gasteiger partial charge on any atom is -0.322 e. The third kappa shape index (κ3) is 4.03. The number of pyridine rings is 2. The van der Waals surface area contributed by atoms with Gasteiger partial charge >= 0.3 is 0 Å². The fourth-order valence-corrected chi connectivity index (χ4v) is 4.53. The Morgan fingerprint density at radius 1 is 1.00 bits per heavy atom. The lowest BCUT2D eigenvalue weighted by Crippen LogP contribution is -2.28. The van der Waals surface area contributed by atoms with Gasteiger partial charge in [-0.15, -0.1) is 0 Å². The average molecular weight is 450 g/mol. The molecule has 0 bridgehead atoms. The zero-order valence-corrected chi connectivity index (χ0v) is 19.5. The molecule has 0 saturated carbocycles. The van der Waals surface area contributed by atoms with Gasteiger partial charge in [0.25, 0.3) is 0 Å². The first kappa shape index (κ1) is 22.1. The Labute approximate surface area is 188 Å². The van der Waals surface area contributed by atoms with E-state index in [1.54, 1.807) is 31.5 Å². The Kier molecular flexibility index (Phi) is 5.60. The molecular formula is C24H27N5O2S. The summed E-state index contributed by atoms with van der Waals surface area (Å²) in [6, 6.07) is 12.9. The number of aromatic nitrogens is 4. The van der Waals surface area contributed by atoms with Gasteiger partial charge in [-0.05, 0) is 68.8 Å². The van der Waals surface area contributed by atoms with Crippen molar-refractivity contribution < 1.29 is 8.42 Å². The predicted molar refractivity (Wildman–Crippen MR) is 127 cm³/mol. The minimum absolute atomic E-state index is 0.0500. The van der Waals surface area contributed by atoms with Gasteiger partial charge in [0.05, 0.1) is 27.6 Å². The molecule has 0 aliphatic carbocycles. The van der Waals surface area contributed by atoms with Crippen LogP contribution in [0.1, 0.15) is 33.3 Å². The van der Waals surface area contributed by atoms with Gasteiger partial charge in [0.15, 0.2) is 9.84 Å². The molecule has 0 spiro atoms. The lowest BCUT2D eigenvalue weighted by molar-refractivity contribution is 0.554. The average Bonchev–Trinajstić information content (AvgIpc) is 3.17. The maximum atomic E-state index is 12.4. The standard InChI is InChI=1S/C24H27N5O2S/c1-5-29-22-10-8-18(32(30,31)6-2)14-19(22)23(28-29)20-9-7-16(15-27-20)21-13-17(11-12-26-21)24(3,4)25/h7-15H,5-6,25H2,1-4H3. The van der Waals surface area contributed by atoms with Crippen molar-refractivity contribution >= 4 is 20.7 Å². The number of fused-ring (bicyclic) bond motifs is 1. The highest BCUT2D eigenvalue weighted by molar-refractivity contribution is 7.91. The molecule has 0 unspecified atom stereocenters. The maximum absolute atomic E-state index is 12.4. The molecule has 2 N–H and O–H groups in total. The molecule has 0 radical (unpaired) electrons. The molecule has 8 heteroatoms. The number of rotatable bonds is 6. The second-order valence-electron chi connectivity index (χ2n) is 8.33. The minimum atomic E-state index is -3.32. The van der Waals surface area contributed by atoms with Gasteiger partial charge < -0.3 is 5.73 Å². The Bertz CT molecular complexity index is 1380. The van der Waals surface area contributed by atoms with Crippen molar-refractivity contribution in [2.45, 2.75) is 44.7 Å². The molecule has 4 aromatic rings. The van der Waals surface area contributed by atoms with Gasteiger partial charge in [-0.1, -0.05) is 6.92 Å². The van der Waals surface area contributed by atoms with Crippen LogP contribution < -0.4 is 5.73 Å². The second-order valence-corrected chi connectivity index (χ2v) is 10.6. The molecule has 4 rings (SSSR count). The summed E-state index contributed by atoms with van der Waals surface area (Å²) in [6.07, 6.45) is 3.51.